The monoisotopic (exact) mass is 414 g/mol. The number of hydrogen-bond donors (Lipinski definition) is 1. The molecule has 146 valence electrons. The van der Waals surface area contributed by atoms with Gasteiger partial charge >= 0.3 is 0 Å². The minimum atomic E-state index is -3.85. The number of halogens is 2. The summed E-state index contributed by atoms with van der Waals surface area (Å²) in [6.45, 7) is 1.91. The van der Waals surface area contributed by atoms with E-state index in [1.165, 1.54) is 22.5 Å². The number of rotatable bonds is 3. The highest BCUT2D eigenvalue weighted by Gasteiger charge is 2.37. The van der Waals surface area contributed by atoms with Gasteiger partial charge in [-0.25, -0.2) is 12.8 Å². The number of nitrogens with one attached hydrogen (secondary N) is 1. The highest BCUT2D eigenvalue weighted by Crippen LogP contribution is 2.39. The van der Waals surface area contributed by atoms with E-state index in [0.29, 0.717) is 37.6 Å². The molecule has 27 heavy (non-hydrogen) atoms. The molecule has 1 unspecified atom stereocenters. The first-order chi connectivity index (χ1) is 12.6. The number of para-hydroxylation sites is 1. The number of ether oxygens (including phenoxy) is 2. The molecule has 1 saturated heterocycles. The van der Waals surface area contributed by atoms with Crippen LogP contribution in [0.1, 0.15) is 11.6 Å². The molecule has 0 aliphatic carbocycles. The van der Waals surface area contributed by atoms with Gasteiger partial charge in [-0.05, 0) is 29.8 Å². The van der Waals surface area contributed by atoms with Crippen LogP contribution in [0.2, 0.25) is 0 Å². The van der Waals surface area contributed by atoms with Crippen LogP contribution in [-0.4, -0.2) is 45.6 Å². The predicted octanol–water partition coefficient (Wildman–Crippen LogP) is 2.35. The maximum atomic E-state index is 13.7. The summed E-state index contributed by atoms with van der Waals surface area (Å²) in [5.41, 5.74) is 0.614. The van der Waals surface area contributed by atoms with Crippen LogP contribution < -0.4 is 14.8 Å². The second-order valence-electron chi connectivity index (χ2n) is 6.17. The molecule has 0 saturated carbocycles. The van der Waals surface area contributed by atoms with Gasteiger partial charge in [-0.1, -0.05) is 18.2 Å². The molecule has 1 N–H and O–H groups in total. The Morgan fingerprint density at radius 3 is 2.70 bits per heavy atom. The van der Waals surface area contributed by atoms with Gasteiger partial charge < -0.3 is 14.8 Å². The molecule has 0 amide bonds. The van der Waals surface area contributed by atoms with Gasteiger partial charge in [0.2, 0.25) is 10.0 Å². The van der Waals surface area contributed by atoms with E-state index in [4.69, 9.17) is 9.47 Å². The van der Waals surface area contributed by atoms with Crippen molar-refractivity contribution < 1.29 is 22.3 Å². The van der Waals surface area contributed by atoms with Crippen LogP contribution >= 0.6 is 12.4 Å². The maximum Gasteiger partial charge on any atom is 0.247 e. The van der Waals surface area contributed by atoms with Crippen molar-refractivity contribution in [2.45, 2.75) is 10.9 Å². The van der Waals surface area contributed by atoms with Crippen LogP contribution in [0.25, 0.3) is 0 Å². The summed E-state index contributed by atoms with van der Waals surface area (Å²) in [7, 11) is -3.85. The Labute approximate surface area is 163 Å². The minimum absolute atomic E-state index is 0. The van der Waals surface area contributed by atoms with Gasteiger partial charge in [0, 0.05) is 19.6 Å². The third kappa shape index (κ3) is 3.75. The maximum absolute atomic E-state index is 13.7. The molecule has 0 spiro atoms. The molecule has 0 radical (unpaired) electrons. The van der Waals surface area contributed by atoms with Crippen LogP contribution in [-0.2, 0) is 10.0 Å². The zero-order valence-electron chi connectivity index (χ0n) is 14.4. The summed E-state index contributed by atoms with van der Waals surface area (Å²) in [5, 5.41) is 3.18. The molecule has 2 heterocycles. The van der Waals surface area contributed by atoms with Gasteiger partial charge in [0.25, 0.3) is 0 Å². The molecular weight excluding hydrogens is 395 g/mol. The van der Waals surface area contributed by atoms with Crippen LogP contribution in [0.3, 0.4) is 0 Å². The van der Waals surface area contributed by atoms with Crippen molar-refractivity contribution >= 4 is 22.4 Å². The summed E-state index contributed by atoms with van der Waals surface area (Å²) in [5.74, 6) is 0.282. The van der Waals surface area contributed by atoms with Crippen molar-refractivity contribution in [3.8, 4) is 11.5 Å². The molecule has 2 aromatic rings. The molecule has 1 fully saturated rings. The molecule has 0 aromatic heterocycles. The Hall–Kier alpha value is -1.87. The van der Waals surface area contributed by atoms with E-state index in [2.05, 4.69) is 5.32 Å². The number of sulfonamides is 1. The number of nitrogens with zero attached hydrogens (tertiary/aromatic N) is 1. The van der Waals surface area contributed by atoms with Crippen LogP contribution in [0.4, 0.5) is 4.39 Å². The van der Waals surface area contributed by atoms with E-state index < -0.39 is 16.1 Å². The van der Waals surface area contributed by atoms with E-state index >= 15 is 0 Å². The molecule has 2 aliphatic rings. The van der Waals surface area contributed by atoms with E-state index in [-0.39, 0.29) is 35.4 Å². The third-order valence-electron chi connectivity index (χ3n) is 4.54. The Kier molecular flexibility index (Phi) is 5.90. The first-order valence-corrected chi connectivity index (χ1v) is 9.88. The summed E-state index contributed by atoms with van der Waals surface area (Å²) in [6.07, 6.45) is 0. The van der Waals surface area contributed by atoms with E-state index in [0.717, 1.165) is 0 Å². The number of fused-ring (bicyclic) bond motifs is 1. The molecule has 9 heteroatoms. The molecule has 6 nitrogen and oxygen atoms in total. The average molecular weight is 415 g/mol. The van der Waals surface area contributed by atoms with Crippen molar-refractivity contribution in [1.82, 2.24) is 9.62 Å². The van der Waals surface area contributed by atoms with E-state index in [1.54, 1.807) is 24.3 Å². The van der Waals surface area contributed by atoms with Gasteiger partial charge in [0.15, 0.2) is 11.5 Å². The lowest BCUT2D eigenvalue weighted by Crippen LogP contribution is -2.48. The Morgan fingerprint density at radius 1 is 1.11 bits per heavy atom. The fraction of sp³-hybridized carbons (Fsp3) is 0.333. The predicted molar refractivity (Wildman–Crippen MR) is 101 cm³/mol. The Balaban J connectivity index is 0.00000210. The van der Waals surface area contributed by atoms with Crippen molar-refractivity contribution in [3.63, 3.8) is 0 Å². The normalized spacial score (nSPS) is 20.0. The van der Waals surface area contributed by atoms with Crippen molar-refractivity contribution in [2.75, 3.05) is 32.8 Å². The summed E-state index contributed by atoms with van der Waals surface area (Å²) >= 11 is 0. The zero-order valence-corrected chi connectivity index (χ0v) is 16.1. The first-order valence-electron chi connectivity index (χ1n) is 8.44. The van der Waals surface area contributed by atoms with Crippen molar-refractivity contribution in [2.24, 2.45) is 0 Å². The summed E-state index contributed by atoms with van der Waals surface area (Å²) < 4.78 is 53.0. The minimum Gasteiger partial charge on any atom is -0.486 e. The smallest absolute Gasteiger partial charge is 0.247 e. The average Bonchev–Trinajstić information content (AvgIpc) is 2.67. The topological polar surface area (TPSA) is 67.9 Å². The van der Waals surface area contributed by atoms with Gasteiger partial charge in [-0.15, -0.1) is 12.4 Å². The number of hydrogen-bond acceptors (Lipinski definition) is 5. The fourth-order valence-corrected chi connectivity index (χ4v) is 5.11. The largest absolute Gasteiger partial charge is 0.486 e. The highest BCUT2D eigenvalue weighted by atomic mass is 35.5. The second kappa shape index (κ2) is 8.02. The lowest BCUT2D eigenvalue weighted by atomic mass is 10.1. The molecule has 2 aliphatic heterocycles. The molecular formula is C18H20ClFN2O4S. The molecule has 4 rings (SSSR count). The van der Waals surface area contributed by atoms with Crippen molar-refractivity contribution in [3.05, 3.63) is 53.8 Å². The Morgan fingerprint density at radius 2 is 1.89 bits per heavy atom. The van der Waals surface area contributed by atoms with Gasteiger partial charge in [-0.2, -0.15) is 4.31 Å². The van der Waals surface area contributed by atoms with Crippen LogP contribution in [0, 0.1) is 5.82 Å². The standard InChI is InChI=1S/C18H19FN2O4S.ClH/c19-14-4-1-3-13(11-14)15-12-20-7-8-21(15)26(22,23)17-6-2-5-16-18(17)25-10-9-24-16;/h1-6,11,15,20H,7-10,12H2;1H. The van der Waals surface area contributed by atoms with Gasteiger partial charge in [0.05, 0.1) is 6.04 Å². The first kappa shape index (κ1) is 19.9. The fourth-order valence-electron chi connectivity index (χ4n) is 3.35. The van der Waals surface area contributed by atoms with Crippen molar-refractivity contribution in [1.29, 1.82) is 0 Å². The Bertz CT molecular complexity index is 925. The molecule has 0 bridgehead atoms. The third-order valence-corrected chi connectivity index (χ3v) is 6.48. The lowest BCUT2D eigenvalue weighted by Gasteiger charge is -2.36. The number of piperazine rings is 1. The second-order valence-corrected chi connectivity index (χ2v) is 8.03. The lowest BCUT2D eigenvalue weighted by molar-refractivity contribution is 0.166. The molecule has 1 atom stereocenters. The number of benzene rings is 2. The SMILES string of the molecule is Cl.O=S(=O)(c1cccc2c1OCCO2)N1CCNCC1c1cccc(F)c1. The summed E-state index contributed by atoms with van der Waals surface area (Å²) in [6, 6.07) is 10.4. The van der Waals surface area contributed by atoms with E-state index in [9.17, 15) is 12.8 Å². The van der Waals surface area contributed by atoms with Gasteiger partial charge in [0.1, 0.15) is 23.9 Å². The molecule has 2 aromatic carbocycles. The highest BCUT2D eigenvalue weighted by molar-refractivity contribution is 7.89. The summed E-state index contributed by atoms with van der Waals surface area (Å²) in [4.78, 5) is 0.0815. The van der Waals surface area contributed by atoms with Gasteiger partial charge in [-0.3, -0.25) is 0 Å². The van der Waals surface area contributed by atoms with Crippen LogP contribution in [0.5, 0.6) is 11.5 Å². The zero-order chi connectivity index (χ0) is 18.1. The van der Waals surface area contributed by atoms with Crippen LogP contribution in [0.15, 0.2) is 47.4 Å². The van der Waals surface area contributed by atoms with E-state index in [1.807, 2.05) is 0 Å². The quantitative estimate of drug-likeness (QED) is 0.835.